The fourth-order valence-corrected chi connectivity index (χ4v) is 4.83. The van der Waals surface area contributed by atoms with Crippen molar-refractivity contribution in [2.24, 2.45) is 4.85 Å². The molecule has 4 aromatic rings. The molecule has 1 aliphatic rings. The van der Waals surface area contributed by atoms with E-state index in [0.29, 0.717) is 5.75 Å². The van der Waals surface area contributed by atoms with Crippen LogP contribution in [0.3, 0.4) is 0 Å². The lowest BCUT2D eigenvalue weighted by molar-refractivity contribution is -0.169. The molecular weight excluding hydrogens is 593 g/mol. The number of carbonyl (C=O) groups is 1. The SMILES string of the molecule is Nc1ncnc2c1nc(Cl)n2[C@@H]1O[C@H](COc2ccc(O/[P+]([O-])=N/NCC(=O)OCc3ccccc3)cc2)[C@@H](O)[C@H]1O. The monoisotopic (exact) mass is 617 g/mol. The van der Waals surface area contributed by atoms with Crippen molar-refractivity contribution in [3.05, 3.63) is 71.8 Å². The number of benzene rings is 2. The number of hydrogen-bond donors (Lipinski definition) is 4. The van der Waals surface area contributed by atoms with Gasteiger partial charge in [-0.3, -0.25) is 13.9 Å². The highest BCUT2D eigenvalue weighted by atomic mass is 35.5. The molecule has 1 aliphatic heterocycles. The molecule has 3 heterocycles. The van der Waals surface area contributed by atoms with Crippen molar-refractivity contribution in [3.8, 4) is 11.5 Å². The van der Waals surface area contributed by atoms with Crippen LogP contribution in [0.5, 0.6) is 11.5 Å². The summed E-state index contributed by atoms with van der Waals surface area (Å²) >= 11 is 6.24. The molecule has 42 heavy (non-hydrogen) atoms. The van der Waals surface area contributed by atoms with E-state index in [0.717, 1.165) is 5.56 Å². The Hall–Kier alpha value is -3.95. The first-order chi connectivity index (χ1) is 20.3. The molecule has 220 valence electrons. The number of nitrogens with two attached hydrogens (primary N) is 1. The van der Waals surface area contributed by atoms with E-state index in [4.69, 9.17) is 36.1 Å². The van der Waals surface area contributed by atoms with Gasteiger partial charge in [-0.2, -0.15) is 5.43 Å². The van der Waals surface area contributed by atoms with Crippen molar-refractivity contribution in [1.82, 2.24) is 24.9 Å². The van der Waals surface area contributed by atoms with Gasteiger partial charge in [0.25, 0.3) is 0 Å². The van der Waals surface area contributed by atoms with E-state index in [1.54, 1.807) is 12.1 Å². The molecule has 1 saturated heterocycles. The molecular formula is C25H25ClN7O8P. The van der Waals surface area contributed by atoms with E-state index >= 15 is 0 Å². The van der Waals surface area contributed by atoms with Crippen molar-refractivity contribution < 1.29 is 38.6 Å². The fourth-order valence-electron chi connectivity index (χ4n) is 4.04. The van der Waals surface area contributed by atoms with Crippen molar-refractivity contribution in [2.75, 3.05) is 18.9 Å². The van der Waals surface area contributed by atoms with Crippen molar-refractivity contribution in [1.29, 1.82) is 0 Å². The largest absolute Gasteiger partial charge is 0.574 e. The van der Waals surface area contributed by atoms with Gasteiger partial charge in [0.2, 0.25) is 5.28 Å². The summed E-state index contributed by atoms with van der Waals surface area (Å²) in [6, 6.07) is 15.3. The van der Waals surface area contributed by atoms with Crippen LogP contribution in [-0.4, -0.2) is 67.2 Å². The van der Waals surface area contributed by atoms with Crippen LogP contribution in [-0.2, 0) is 20.9 Å². The van der Waals surface area contributed by atoms with Crippen LogP contribution in [0.1, 0.15) is 11.8 Å². The Balaban J connectivity index is 1.09. The quantitative estimate of drug-likeness (QED) is 0.0808. The molecule has 0 bridgehead atoms. The average Bonchev–Trinajstić information content (AvgIpc) is 3.47. The molecule has 0 saturated carbocycles. The number of nitrogens with zero attached hydrogens (tertiary/aromatic N) is 5. The highest BCUT2D eigenvalue weighted by Gasteiger charge is 2.45. The van der Waals surface area contributed by atoms with E-state index in [1.807, 2.05) is 30.3 Å². The van der Waals surface area contributed by atoms with Crippen LogP contribution < -0.4 is 25.3 Å². The van der Waals surface area contributed by atoms with Crippen LogP contribution in [0.4, 0.5) is 5.82 Å². The van der Waals surface area contributed by atoms with E-state index in [1.165, 1.54) is 23.0 Å². The Kier molecular flexibility index (Phi) is 9.39. The molecule has 1 unspecified atom stereocenters. The van der Waals surface area contributed by atoms with Gasteiger partial charge in [0.15, 0.2) is 29.0 Å². The van der Waals surface area contributed by atoms with Crippen LogP contribution in [0.25, 0.3) is 11.2 Å². The van der Waals surface area contributed by atoms with Crippen LogP contribution >= 0.6 is 19.8 Å². The van der Waals surface area contributed by atoms with Crippen LogP contribution in [0.15, 0.2) is 65.8 Å². The molecule has 2 aromatic carbocycles. The number of aliphatic hydroxyl groups is 2. The number of esters is 1. The molecule has 0 amide bonds. The van der Waals surface area contributed by atoms with Crippen LogP contribution in [0.2, 0.25) is 5.28 Å². The predicted octanol–water partition coefficient (Wildman–Crippen LogP) is 1.24. The van der Waals surface area contributed by atoms with Gasteiger partial charge in [0.05, 0.1) is 0 Å². The van der Waals surface area contributed by atoms with E-state index < -0.39 is 38.7 Å². The number of nitrogen functional groups attached to an aromatic ring is 1. The lowest BCUT2D eigenvalue weighted by atomic mass is 10.1. The Bertz CT molecular complexity index is 1560. The van der Waals surface area contributed by atoms with Gasteiger partial charge < -0.3 is 35.1 Å². The Labute approximate surface area is 244 Å². The molecule has 2 aromatic heterocycles. The minimum atomic E-state index is -2.52. The predicted molar refractivity (Wildman–Crippen MR) is 147 cm³/mol. The summed E-state index contributed by atoms with van der Waals surface area (Å²) in [7, 11) is -2.52. The van der Waals surface area contributed by atoms with Crippen molar-refractivity contribution in [2.45, 2.75) is 31.1 Å². The van der Waals surface area contributed by atoms with Gasteiger partial charge in [0.1, 0.15) is 50.1 Å². The maximum atomic E-state index is 12.1. The topological polar surface area (TPSA) is 212 Å². The highest BCUT2D eigenvalue weighted by Crippen LogP contribution is 2.35. The molecule has 5 N–H and O–H groups in total. The van der Waals surface area contributed by atoms with Crippen molar-refractivity contribution >= 4 is 42.7 Å². The third kappa shape index (κ3) is 6.91. The zero-order chi connectivity index (χ0) is 29.6. The molecule has 0 spiro atoms. The van der Waals surface area contributed by atoms with Gasteiger partial charge in [-0.1, -0.05) is 30.3 Å². The zero-order valence-corrected chi connectivity index (χ0v) is 23.3. The minimum Gasteiger partial charge on any atom is -0.574 e. The number of halogens is 1. The number of aliphatic hydroxyl groups excluding tert-OH is 2. The van der Waals surface area contributed by atoms with Gasteiger partial charge in [-0.05, 0) is 41.4 Å². The number of carbonyl (C=O) groups excluding carboxylic acids is 1. The summed E-state index contributed by atoms with van der Waals surface area (Å²) in [6.45, 7) is -0.281. The second kappa shape index (κ2) is 13.4. The highest BCUT2D eigenvalue weighted by molar-refractivity contribution is 7.33. The lowest BCUT2D eigenvalue weighted by Gasteiger charge is -2.17. The lowest BCUT2D eigenvalue weighted by Crippen LogP contribution is -2.34. The number of fused-ring (bicyclic) bond motifs is 1. The van der Waals surface area contributed by atoms with Crippen molar-refractivity contribution in [3.63, 3.8) is 0 Å². The number of imidazole rings is 1. The first-order valence-corrected chi connectivity index (χ1v) is 14.0. The molecule has 5 rings (SSSR count). The minimum absolute atomic E-state index is 0.0473. The Morgan fingerprint density at radius 2 is 1.88 bits per heavy atom. The normalized spacial score (nSPS) is 20.5. The third-order valence-electron chi connectivity index (χ3n) is 6.09. The van der Waals surface area contributed by atoms with Gasteiger partial charge >= 0.3 is 14.1 Å². The summed E-state index contributed by atoms with van der Waals surface area (Å²) in [5.41, 5.74) is 9.52. The summed E-state index contributed by atoms with van der Waals surface area (Å²) in [5, 5.41) is 21.2. The summed E-state index contributed by atoms with van der Waals surface area (Å²) in [6.07, 6.45) is -3.47. The van der Waals surface area contributed by atoms with E-state index in [9.17, 15) is 19.9 Å². The second-order valence-electron chi connectivity index (χ2n) is 8.92. The third-order valence-corrected chi connectivity index (χ3v) is 7.03. The molecule has 0 radical (unpaired) electrons. The number of anilines is 1. The maximum Gasteiger partial charge on any atom is 0.412 e. The molecule has 1 fully saturated rings. The summed E-state index contributed by atoms with van der Waals surface area (Å²) in [4.78, 5) is 39.6. The first-order valence-electron chi connectivity index (χ1n) is 12.5. The van der Waals surface area contributed by atoms with Crippen LogP contribution in [0, 0.1) is 0 Å². The summed E-state index contributed by atoms with van der Waals surface area (Å²) in [5.74, 6) is 0.155. The smallest absolute Gasteiger partial charge is 0.412 e. The number of ether oxygens (including phenoxy) is 3. The summed E-state index contributed by atoms with van der Waals surface area (Å²) < 4.78 is 23.2. The molecule has 0 aliphatic carbocycles. The first kappa shape index (κ1) is 29.5. The van der Waals surface area contributed by atoms with Gasteiger partial charge in [-0.25, -0.2) is 15.0 Å². The molecule has 15 nitrogen and oxygen atoms in total. The molecule has 5 atom stereocenters. The maximum absolute atomic E-state index is 12.1. The van der Waals surface area contributed by atoms with Gasteiger partial charge in [0, 0.05) is 4.85 Å². The zero-order valence-electron chi connectivity index (χ0n) is 21.7. The Morgan fingerprint density at radius 3 is 2.64 bits per heavy atom. The number of aromatic nitrogens is 4. The average molecular weight is 618 g/mol. The fraction of sp³-hybridized carbons (Fsp3) is 0.280. The number of hydrogen-bond acceptors (Lipinski definition) is 13. The van der Waals surface area contributed by atoms with Gasteiger partial charge in [-0.15, -0.1) is 0 Å². The number of rotatable bonds is 11. The standard InChI is InChI=1S/C25H25ClN7O8P/c26-25-31-19-22(27)28-13-29-23(19)33(25)24-21(36)20(35)17(40-24)12-38-15-6-8-16(9-7-15)41-42(37)32-30-10-18(34)39-11-14-4-2-1-3-5-14/h1-9,13,17,20-21,24,30,35-36H,10-12H2,(H2,27,28,29)/t17-,20-,21-,24-/m1/s1. The number of nitrogens with one attached hydrogen (secondary N) is 1. The Morgan fingerprint density at radius 1 is 1.14 bits per heavy atom. The van der Waals surface area contributed by atoms with E-state index in [2.05, 4.69) is 25.2 Å². The second-order valence-corrected chi connectivity index (χ2v) is 10.1. The van der Waals surface area contributed by atoms with E-state index in [-0.39, 0.29) is 47.8 Å². The molecule has 17 heteroatoms.